The summed E-state index contributed by atoms with van der Waals surface area (Å²) in [6, 6.07) is 0. The van der Waals surface area contributed by atoms with Crippen LogP contribution in [0, 0.1) is 0 Å². The molecule has 0 spiro atoms. The van der Waals surface area contributed by atoms with E-state index in [1.807, 2.05) is 27.9 Å². The molecule has 0 aliphatic carbocycles. The minimum absolute atomic E-state index is 0.207. The molecule has 1 aromatic rings. The van der Waals surface area contributed by atoms with E-state index in [0.29, 0.717) is 26.2 Å². The van der Waals surface area contributed by atoms with Crippen molar-refractivity contribution in [1.29, 1.82) is 0 Å². The van der Waals surface area contributed by atoms with Crippen molar-refractivity contribution in [3.63, 3.8) is 0 Å². The van der Waals surface area contributed by atoms with E-state index in [2.05, 4.69) is 0 Å². The molecule has 0 unspecified atom stereocenters. The Morgan fingerprint density at radius 1 is 1.39 bits per heavy atom. The zero-order valence-electron chi connectivity index (χ0n) is 10.7. The highest BCUT2D eigenvalue weighted by Crippen LogP contribution is 1.91. The summed E-state index contributed by atoms with van der Waals surface area (Å²) < 4.78 is 14.3. The number of rotatable bonds is 10. The van der Waals surface area contributed by atoms with Gasteiger partial charge >= 0.3 is 5.97 Å². The minimum atomic E-state index is -0.749. The summed E-state index contributed by atoms with van der Waals surface area (Å²) in [4.78, 5) is 10.4. The molecule has 102 valence electrons. The number of aromatic nitrogens is 2. The Morgan fingerprint density at radius 3 is 2.94 bits per heavy atom. The topological polar surface area (TPSA) is 64.6 Å². The summed E-state index contributed by atoms with van der Waals surface area (Å²) in [6.07, 6.45) is 6.71. The average molecular weight is 257 g/mol. The Labute approximate surface area is 107 Å². The third kappa shape index (κ3) is 6.36. The van der Waals surface area contributed by atoms with E-state index in [0.717, 1.165) is 13.1 Å². The van der Waals surface area contributed by atoms with E-state index < -0.39 is 5.97 Å². The number of hydrogen-bond acceptors (Lipinski definition) is 3. The Balaban J connectivity index is 2.15. The molecule has 0 saturated carbocycles. The maximum Gasteiger partial charge on any atom is 0.303 e. The molecule has 1 N–H and O–H groups in total. The molecule has 0 atom stereocenters. The van der Waals surface area contributed by atoms with Crippen molar-refractivity contribution in [3.8, 4) is 0 Å². The SMILES string of the molecule is COCCOCCn1cc[n+](CCCC(=O)O)c1. The van der Waals surface area contributed by atoms with Crippen molar-refractivity contribution in [1.82, 2.24) is 4.57 Å². The lowest BCUT2D eigenvalue weighted by Gasteiger charge is -2.00. The normalized spacial score (nSPS) is 10.7. The molecule has 6 nitrogen and oxygen atoms in total. The van der Waals surface area contributed by atoms with E-state index >= 15 is 0 Å². The van der Waals surface area contributed by atoms with Gasteiger partial charge in [0.15, 0.2) is 0 Å². The first-order valence-corrected chi connectivity index (χ1v) is 6.05. The van der Waals surface area contributed by atoms with E-state index in [-0.39, 0.29) is 6.42 Å². The lowest BCUT2D eigenvalue weighted by molar-refractivity contribution is -0.696. The highest BCUT2D eigenvalue weighted by atomic mass is 16.5. The number of carbonyl (C=O) groups is 1. The monoisotopic (exact) mass is 257 g/mol. The molecule has 0 saturated heterocycles. The van der Waals surface area contributed by atoms with Gasteiger partial charge < -0.3 is 14.6 Å². The van der Waals surface area contributed by atoms with E-state index in [1.165, 1.54) is 0 Å². The molecule has 6 heteroatoms. The van der Waals surface area contributed by atoms with Crippen LogP contribution in [0.2, 0.25) is 0 Å². The van der Waals surface area contributed by atoms with Crippen LogP contribution < -0.4 is 4.57 Å². The van der Waals surface area contributed by atoms with Gasteiger partial charge in [0.25, 0.3) is 0 Å². The number of carboxylic acid groups (broad SMARTS) is 1. The molecule has 0 aliphatic heterocycles. The van der Waals surface area contributed by atoms with Gasteiger partial charge in [-0.3, -0.25) is 4.79 Å². The third-order valence-corrected chi connectivity index (χ3v) is 2.48. The Kier molecular flexibility index (Phi) is 7.05. The van der Waals surface area contributed by atoms with Crippen LogP contribution in [0.25, 0.3) is 0 Å². The number of aryl methyl sites for hydroxylation is 1. The van der Waals surface area contributed by atoms with Gasteiger partial charge in [0.05, 0.1) is 26.4 Å². The lowest BCUT2D eigenvalue weighted by Crippen LogP contribution is -2.31. The lowest BCUT2D eigenvalue weighted by atomic mass is 10.3. The van der Waals surface area contributed by atoms with Gasteiger partial charge in [0.2, 0.25) is 6.33 Å². The second-order valence-corrected chi connectivity index (χ2v) is 3.99. The molecule has 1 rings (SSSR count). The molecular formula is C12H21N2O4+. The van der Waals surface area contributed by atoms with Gasteiger partial charge in [-0.15, -0.1) is 0 Å². The van der Waals surface area contributed by atoms with Crippen molar-refractivity contribution in [2.75, 3.05) is 26.9 Å². The second-order valence-electron chi connectivity index (χ2n) is 3.99. The fourth-order valence-electron chi connectivity index (χ4n) is 1.53. The van der Waals surface area contributed by atoms with Gasteiger partial charge in [-0.1, -0.05) is 0 Å². The zero-order valence-corrected chi connectivity index (χ0v) is 10.7. The fourth-order valence-corrected chi connectivity index (χ4v) is 1.53. The zero-order chi connectivity index (χ0) is 13.2. The molecule has 0 radical (unpaired) electrons. The Morgan fingerprint density at radius 2 is 2.22 bits per heavy atom. The predicted octanol–water partition coefficient (Wildman–Crippen LogP) is 0.303. The quantitative estimate of drug-likeness (QED) is 0.484. The molecule has 18 heavy (non-hydrogen) atoms. The number of methoxy groups -OCH3 is 1. The first-order valence-electron chi connectivity index (χ1n) is 6.05. The summed E-state index contributed by atoms with van der Waals surface area (Å²) in [7, 11) is 1.65. The van der Waals surface area contributed by atoms with Crippen LogP contribution >= 0.6 is 0 Å². The molecule has 0 aromatic carbocycles. The summed E-state index contributed by atoms with van der Waals surface area (Å²) >= 11 is 0. The maximum absolute atomic E-state index is 10.4. The molecule has 0 bridgehead atoms. The fraction of sp³-hybridized carbons (Fsp3) is 0.667. The van der Waals surface area contributed by atoms with Gasteiger partial charge in [0.1, 0.15) is 18.9 Å². The van der Waals surface area contributed by atoms with Crippen LogP contribution in [0.1, 0.15) is 12.8 Å². The van der Waals surface area contributed by atoms with Crippen molar-refractivity contribution < 1.29 is 23.9 Å². The van der Waals surface area contributed by atoms with Crippen LogP contribution in [0.4, 0.5) is 0 Å². The van der Waals surface area contributed by atoms with Crippen LogP contribution in [0.5, 0.6) is 0 Å². The number of aliphatic carboxylic acids is 1. The van der Waals surface area contributed by atoms with E-state index in [1.54, 1.807) is 7.11 Å². The van der Waals surface area contributed by atoms with Crippen molar-refractivity contribution in [3.05, 3.63) is 18.7 Å². The molecular weight excluding hydrogens is 236 g/mol. The number of imidazole rings is 1. The van der Waals surface area contributed by atoms with Crippen molar-refractivity contribution in [2.24, 2.45) is 0 Å². The van der Waals surface area contributed by atoms with Gasteiger partial charge in [0, 0.05) is 13.5 Å². The number of ether oxygens (including phenoxy) is 2. The van der Waals surface area contributed by atoms with Crippen LogP contribution in [-0.2, 0) is 27.4 Å². The van der Waals surface area contributed by atoms with Crippen LogP contribution in [0.3, 0.4) is 0 Å². The molecule has 0 fully saturated rings. The van der Waals surface area contributed by atoms with Crippen LogP contribution in [-0.4, -0.2) is 42.6 Å². The average Bonchev–Trinajstić information content (AvgIpc) is 2.76. The van der Waals surface area contributed by atoms with Gasteiger partial charge in [-0.05, 0) is 6.42 Å². The third-order valence-electron chi connectivity index (χ3n) is 2.48. The standard InChI is InChI=1S/C12H20N2O4/c1-17-9-10-18-8-7-14-6-5-13(11-14)4-2-3-12(15)16/h5-6,11H,2-4,7-10H2,1H3/p+1. The first kappa shape index (κ1) is 14.7. The first-order chi connectivity index (χ1) is 8.72. The summed E-state index contributed by atoms with van der Waals surface area (Å²) in [6.45, 7) is 3.38. The Hall–Kier alpha value is -1.40. The highest BCUT2D eigenvalue weighted by Gasteiger charge is 2.04. The molecule has 1 aromatic heterocycles. The van der Waals surface area contributed by atoms with Crippen LogP contribution in [0.15, 0.2) is 18.7 Å². The van der Waals surface area contributed by atoms with Gasteiger partial charge in [-0.2, -0.15) is 0 Å². The van der Waals surface area contributed by atoms with Gasteiger partial charge in [-0.25, -0.2) is 9.13 Å². The number of hydrogen-bond donors (Lipinski definition) is 1. The summed E-state index contributed by atoms with van der Waals surface area (Å²) in [5, 5.41) is 8.54. The molecule has 0 aliphatic rings. The largest absolute Gasteiger partial charge is 0.481 e. The second kappa shape index (κ2) is 8.66. The predicted molar refractivity (Wildman–Crippen MR) is 64.2 cm³/mol. The van der Waals surface area contributed by atoms with Crippen molar-refractivity contribution in [2.45, 2.75) is 25.9 Å². The number of carboxylic acids is 1. The minimum Gasteiger partial charge on any atom is -0.481 e. The smallest absolute Gasteiger partial charge is 0.303 e. The molecule has 1 heterocycles. The maximum atomic E-state index is 10.4. The molecule has 0 amide bonds. The van der Waals surface area contributed by atoms with E-state index in [9.17, 15) is 4.79 Å². The summed E-state index contributed by atoms with van der Waals surface area (Å²) in [5.74, 6) is -0.749. The van der Waals surface area contributed by atoms with E-state index in [4.69, 9.17) is 14.6 Å². The number of nitrogens with zero attached hydrogens (tertiary/aromatic N) is 2. The highest BCUT2D eigenvalue weighted by molar-refractivity contribution is 5.66. The summed E-state index contributed by atoms with van der Waals surface area (Å²) in [5.41, 5.74) is 0. The van der Waals surface area contributed by atoms with Crippen molar-refractivity contribution >= 4 is 5.97 Å². The Bertz CT molecular complexity index is 352.